The molecule has 2 unspecified atom stereocenters. The van der Waals surface area contributed by atoms with Gasteiger partial charge in [-0.1, -0.05) is 32.0 Å². The highest BCUT2D eigenvalue weighted by molar-refractivity contribution is 7.89. The highest BCUT2D eigenvalue weighted by Gasteiger charge is 2.32. The molecule has 10 heteroatoms. The van der Waals surface area contributed by atoms with Gasteiger partial charge in [0.05, 0.1) is 11.5 Å². The highest BCUT2D eigenvalue weighted by Crippen LogP contribution is 2.12. The van der Waals surface area contributed by atoms with Gasteiger partial charge in [-0.25, -0.2) is 8.42 Å². The van der Waals surface area contributed by atoms with Crippen molar-refractivity contribution in [1.29, 1.82) is 0 Å². The van der Waals surface area contributed by atoms with Gasteiger partial charge in [-0.05, 0) is 43.7 Å². The molecule has 1 fully saturated rings. The van der Waals surface area contributed by atoms with Gasteiger partial charge in [0.15, 0.2) is 0 Å². The van der Waals surface area contributed by atoms with Gasteiger partial charge in [0.2, 0.25) is 21.7 Å². The number of ketones is 1. The Morgan fingerprint density at radius 2 is 1.87 bits per heavy atom. The Balaban J connectivity index is 2.16. The fourth-order valence-corrected chi connectivity index (χ4v) is 4.37. The van der Waals surface area contributed by atoms with E-state index >= 15 is 0 Å². The van der Waals surface area contributed by atoms with Gasteiger partial charge >= 0.3 is 0 Å². The number of carbonyl (C=O) groups is 3. The molecule has 1 saturated heterocycles. The number of hydrogen-bond donors (Lipinski definition) is 3. The summed E-state index contributed by atoms with van der Waals surface area (Å²) in [5, 5.41) is 5.06. The molecule has 31 heavy (non-hydrogen) atoms. The van der Waals surface area contributed by atoms with Gasteiger partial charge in [-0.3, -0.25) is 14.4 Å². The van der Waals surface area contributed by atoms with Crippen molar-refractivity contribution in [3.63, 3.8) is 0 Å². The van der Waals surface area contributed by atoms with Crippen LogP contribution in [0.4, 0.5) is 0 Å². The Bertz CT molecular complexity index is 857. The van der Waals surface area contributed by atoms with E-state index in [0.717, 1.165) is 19.3 Å². The first-order valence-corrected chi connectivity index (χ1v) is 12.0. The molecule has 3 N–H and O–H groups in total. The quantitative estimate of drug-likeness (QED) is 0.522. The summed E-state index contributed by atoms with van der Waals surface area (Å²) in [5.41, 5.74) is 0. The van der Waals surface area contributed by atoms with E-state index in [0.29, 0.717) is 13.2 Å². The van der Waals surface area contributed by atoms with Crippen molar-refractivity contribution < 1.29 is 27.5 Å². The summed E-state index contributed by atoms with van der Waals surface area (Å²) >= 11 is 0. The second-order valence-corrected chi connectivity index (χ2v) is 9.65. The first kappa shape index (κ1) is 25.0. The first-order chi connectivity index (χ1) is 14.7. The lowest BCUT2D eigenvalue weighted by molar-refractivity contribution is -0.141. The van der Waals surface area contributed by atoms with Crippen LogP contribution in [0.3, 0.4) is 0 Å². The third kappa shape index (κ3) is 8.04. The van der Waals surface area contributed by atoms with Crippen LogP contribution in [0.25, 0.3) is 0 Å². The second-order valence-electron chi connectivity index (χ2n) is 7.93. The van der Waals surface area contributed by atoms with Crippen LogP contribution in [-0.4, -0.2) is 57.9 Å². The maximum absolute atomic E-state index is 13.0. The smallest absolute Gasteiger partial charge is 0.289 e. The number of hydrogen-bond acceptors (Lipinski definition) is 6. The largest absolute Gasteiger partial charge is 0.379 e. The lowest BCUT2D eigenvalue weighted by atomic mass is 10.0. The Morgan fingerprint density at radius 1 is 1.16 bits per heavy atom. The fourth-order valence-electron chi connectivity index (χ4n) is 3.14. The highest BCUT2D eigenvalue weighted by atomic mass is 32.2. The number of carbonyl (C=O) groups excluding carboxylic acids is 3. The molecule has 1 aliphatic rings. The average molecular weight is 454 g/mol. The molecule has 0 bridgehead atoms. The molecule has 172 valence electrons. The van der Waals surface area contributed by atoms with E-state index in [1.165, 1.54) is 12.1 Å². The topological polar surface area (TPSA) is 131 Å². The zero-order valence-electron chi connectivity index (χ0n) is 17.9. The first-order valence-electron chi connectivity index (χ1n) is 10.5. The minimum Gasteiger partial charge on any atom is -0.379 e. The van der Waals surface area contributed by atoms with Gasteiger partial charge in [0.25, 0.3) is 5.91 Å². The summed E-state index contributed by atoms with van der Waals surface area (Å²) in [7, 11) is -3.95. The third-order valence-electron chi connectivity index (χ3n) is 4.77. The molecule has 2 amide bonds. The van der Waals surface area contributed by atoms with E-state index in [-0.39, 0.29) is 23.8 Å². The summed E-state index contributed by atoms with van der Waals surface area (Å²) < 4.78 is 33.3. The summed E-state index contributed by atoms with van der Waals surface area (Å²) in [4.78, 5) is 37.6. The molecule has 9 nitrogen and oxygen atoms in total. The average Bonchev–Trinajstić information content (AvgIpc) is 2.76. The molecule has 0 aromatic heterocycles. The van der Waals surface area contributed by atoms with Crippen LogP contribution in [0.5, 0.6) is 0 Å². The molecule has 1 heterocycles. The van der Waals surface area contributed by atoms with Crippen LogP contribution < -0.4 is 15.4 Å². The number of benzene rings is 1. The second kappa shape index (κ2) is 11.9. The van der Waals surface area contributed by atoms with Crippen molar-refractivity contribution in [2.45, 2.75) is 56.5 Å². The lowest BCUT2D eigenvalue weighted by Crippen LogP contribution is -2.55. The molecular weight excluding hydrogens is 422 g/mol. The molecule has 0 spiro atoms. The molecule has 1 aliphatic heterocycles. The standard InChI is InChI=1S/C21H31N3O6S/c1-15(2)13-17(24-31(28,29)16-9-5-3-6-10-16)20(26)23-18-14-30-12-8-4-7-11-22-21(27)19(18)25/h3,5-6,9-10,15,17-18,24H,4,7-8,11-14H2,1-2H3,(H,22,27)(H,23,26). The number of nitrogens with one attached hydrogen (secondary N) is 3. The lowest BCUT2D eigenvalue weighted by Gasteiger charge is -2.23. The van der Waals surface area contributed by atoms with E-state index in [9.17, 15) is 22.8 Å². The number of Topliss-reactive ketones (excluding diaryl/α,β-unsaturated/α-hetero) is 1. The number of rotatable bonds is 7. The zero-order chi connectivity index (χ0) is 22.9. The Kier molecular flexibility index (Phi) is 9.60. The van der Waals surface area contributed by atoms with Crippen LogP contribution in [0.15, 0.2) is 35.2 Å². The number of amides is 2. The van der Waals surface area contributed by atoms with Crippen molar-refractivity contribution >= 4 is 27.6 Å². The summed E-state index contributed by atoms with van der Waals surface area (Å²) in [5.74, 6) is -2.29. The summed E-state index contributed by atoms with van der Waals surface area (Å²) in [6.45, 7) is 4.33. The van der Waals surface area contributed by atoms with E-state index in [1.54, 1.807) is 18.2 Å². The van der Waals surface area contributed by atoms with Crippen molar-refractivity contribution in [1.82, 2.24) is 15.4 Å². The van der Waals surface area contributed by atoms with E-state index in [4.69, 9.17) is 4.74 Å². The van der Waals surface area contributed by atoms with Crippen LogP contribution in [0.2, 0.25) is 0 Å². The molecular formula is C21H31N3O6S. The van der Waals surface area contributed by atoms with Gasteiger partial charge in [0, 0.05) is 13.2 Å². The maximum atomic E-state index is 13.0. The molecule has 0 radical (unpaired) electrons. The molecule has 2 atom stereocenters. The van der Waals surface area contributed by atoms with Crippen LogP contribution >= 0.6 is 0 Å². The van der Waals surface area contributed by atoms with Crippen molar-refractivity contribution in [3.8, 4) is 0 Å². The van der Waals surface area contributed by atoms with Crippen molar-refractivity contribution in [2.24, 2.45) is 5.92 Å². The van der Waals surface area contributed by atoms with Crippen LogP contribution in [-0.2, 0) is 29.1 Å². The summed E-state index contributed by atoms with van der Waals surface area (Å²) in [6, 6.07) is 5.42. The van der Waals surface area contributed by atoms with Crippen LogP contribution in [0, 0.1) is 5.92 Å². The molecule has 2 rings (SSSR count). The van der Waals surface area contributed by atoms with Gasteiger partial charge in [-0.2, -0.15) is 4.72 Å². The predicted molar refractivity (Wildman–Crippen MR) is 115 cm³/mol. The Labute approximate surface area is 183 Å². The Morgan fingerprint density at radius 3 is 2.55 bits per heavy atom. The molecule has 1 aromatic rings. The zero-order valence-corrected chi connectivity index (χ0v) is 18.7. The third-order valence-corrected chi connectivity index (χ3v) is 6.25. The van der Waals surface area contributed by atoms with Crippen molar-refractivity contribution in [3.05, 3.63) is 30.3 Å². The van der Waals surface area contributed by atoms with Gasteiger partial charge in [-0.15, -0.1) is 0 Å². The monoisotopic (exact) mass is 453 g/mol. The van der Waals surface area contributed by atoms with Gasteiger partial charge in [0.1, 0.15) is 12.1 Å². The minimum atomic E-state index is -3.95. The molecule has 0 aliphatic carbocycles. The van der Waals surface area contributed by atoms with Gasteiger partial charge < -0.3 is 15.4 Å². The predicted octanol–water partition coefficient (Wildman–Crippen LogP) is 0.750. The SMILES string of the molecule is CC(C)CC(NS(=O)(=O)c1ccccc1)C(=O)NC1COCCCCCNC(=O)C1=O. The Hall–Kier alpha value is -2.30. The van der Waals surface area contributed by atoms with Crippen LogP contribution in [0.1, 0.15) is 39.5 Å². The molecule has 0 saturated carbocycles. The maximum Gasteiger partial charge on any atom is 0.289 e. The minimum absolute atomic E-state index is 0.00275. The molecule has 1 aromatic carbocycles. The number of sulfonamides is 1. The summed E-state index contributed by atoms with van der Waals surface area (Å²) in [6.07, 6.45) is 2.57. The van der Waals surface area contributed by atoms with E-state index in [1.807, 2.05) is 13.8 Å². The fraction of sp³-hybridized carbons (Fsp3) is 0.571. The van der Waals surface area contributed by atoms with E-state index in [2.05, 4.69) is 15.4 Å². The normalized spacial score (nSPS) is 19.9. The van der Waals surface area contributed by atoms with E-state index < -0.39 is 39.7 Å². The number of ether oxygens (including phenoxy) is 1. The van der Waals surface area contributed by atoms with Crippen molar-refractivity contribution in [2.75, 3.05) is 19.8 Å².